The number of aliphatic carboxylic acids is 2. The Morgan fingerprint density at radius 1 is 1.17 bits per heavy atom. The lowest BCUT2D eigenvalue weighted by atomic mass is 10.0. The first-order valence-electron chi connectivity index (χ1n) is 7.84. The fraction of sp³-hybridized carbons (Fsp3) is 0.412. The number of carboxylic acid groups (broad SMARTS) is 2. The van der Waals surface area contributed by atoms with Crippen molar-refractivity contribution >= 4 is 39.0 Å². The molecule has 0 aliphatic carbocycles. The quantitative estimate of drug-likeness (QED) is 0.769. The minimum absolute atomic E-state index is 0.742. The number of fused-ring (bicyclic) bond motifs is 2. The predicted molar refractivity (Wildman–Crippen MR) is 93.8 cm³/mol. The van der Waals surface area contributed by atoms with Gasteiger partial charge in [0, 0.05) is 36.1 Å². The van der Waals surface area contributed by atoms with Gasteiger partial charge in [0.1, 0.15) is 0 Å². The van der Waals surface area contributed by atoms with Crippen LogP contribution >= 0.6 is 11.3 Å². The average Bonchev–Trinajstić information content (AvgIpc) is 3.21. The van der Waals surface area contributed by atoms with Crippen LogP contribution in [0, 0.1) is 5.92 Å². The molecule has 2 N–H and O–H groups in total. The SMILES string of the molecule is CN1CC2CCN(c3ccc4sccc4c3)C2C1.O=C(O)C(=O)O. The first-order valence-corrected chi connectivity index (χ1v) is 8.72. The number of anilines is 1. The van der Waals surface area contributed by atoms with Crippen LogP contribution in [0.1, 0.15) is 6.42 Å². The lowest BCUT2D eigenvalue weighted by Crippen LogP contribution is -2.34. The van der Waals surface area contributed by atoms with Crippen molar-refractivity contribution in [3.8, 4) is 0 Å². The maximum atomic E-state index is 9.10. The van der Waals surface area contributed by atoms with Gasteiger partial charge < -0.3 is 20.0 Å². The molecule has 0 radical (unpaired) electrons. The highest BCUT2D eigenvalue weighted by Crippen LogP contribution is 2.36. The van der Waals surface area contributed by atoms with Crippen molar-refractivity contribution in [1.82, 2.24) is 4.90 Å². The summed E-state index contributed by atoms with van der Waals surface area (Å²) in [7, 11) is 2.25. The molecule has 1 aromatic heterocycles. The second kappa shape index (κ2) is 6.78. The molecule has 1 aromatic carbocycles. The Morgan fingerprint density at radius 3 is 2.62 bits per heavy atom. The second-order valence-electron chi connectivity index (χ2n) is 6.28. The minimum atomic E-state index is -1.82. The van der Waals surface area contributed by atoms with Gasteiger partial charge in [-0.05, 0) is 54.4 Å². The molecular formula is C17H20N2O4S. The third-order valence-corrected chi connectivity index (χ3v) is 5.58. The Kier molecular flexibility index (Phi) is 4.73. The van der Waals surface area contributed by atoms with Crippen LogP contribution in [-0.4, -0.2) is 59.8 Å². The molecule has 2 fully saturated rings. The maximum Gasteiger partial charge on any atom is 0.414 e. The Labute approximate surface area is 143 Å². The van der Waals surface area contributed by atoms with Crippen LogP contribution in [0.4, 0.5) is 5.69 Å². The molecule has 0 saturated carbocycles. The number of hydrogen-bond donors (Lipinski definition) is 2. The molecule has 0 amide bonds. The second-order valence-corrected chi connectivity index (χ2v) is 7.23. The number of carbonyl (C=O) groups is 2. The number of likely N-dealkylation sites (N-methyl/N-ethyl adjacent to an activating group) is 1. The fourth-order valence-electron chi connectivity index (χ4n) is 3.63. The highest BCUT2D eigenvalue weighted by molar-refractivity contribution is 7.17. The van der Waals surface area contributed by atoms with E-state index in [-0.39, 0.29) is 0 Å². The maximum absolute atomic E-state index is 9.10. The summed E-state index contributed by atoms with van der Waals surface area (Å²) in [5, 5.41) is 18.4. The van der Waals surface area contributed by atoms with Crippen molar-refractivity contribution in [3.05, 3.63) is 29.6 Å². The van der Waals surface area contributed by atoms with Crippen LogP contribution in [0.2, 0.25) is 0 Å². The van der Waals surface area contributed by atoms with Crippen LogP contribution in [0.15, 0.2) is 29.6 Å². The standard InChI is InChI=1S/C15H18N2S.C2H2O4/c1-16-9-12-4-6-17(14(12)10-16)13-2-3-15-11(8-13)5-7-18-15;3-1(4)2(5)6/h2-3,5,7-8,12,14H,4,6,9-10H2,1H3;(H,3,4)(H,5,6). The smallest absolute Gasteiger partial charge is 0.414 e. The van der Waals surface area contributed by atoms with Crippen molar-refractivity contribution in [3.63, 3.8) is 0 Å². The van der Waals surface area contributed by atoms with Gasteiger partial charge in [0.2, 0.25) is 0 Å². The Bertz CT molecular complexity index is 748. The highest BCUT2D eigenvalue weighted by atomic mass is 32.1. The fourth-order valence-corrected chi connectivity index (χ4v) is 4.40. The highest BCUT2D eigenvalue weighted by Gasteiger charge is 2.39. The van der Waals surface area contributed by atoms with Crippen LogP contribution in [0.25, 0.3) is 10.1 Å². The zero-order chi connectivity index (χ0) is 17.3. The molecule has 2 unspecified atom stereocenters. The van der Waals surface area contributed by atoms with E-state index in [0.717, 1.165) is 12.0 Å². The molecule has 3 heterocycles. The van der Waals surface area contributed by atoms with Crippen molar-refractivity contribution in [2.45, 2.75) is 12.5 Å². The topological polar surface area (TPSA) is 81.1 Å². The van der Waals surface area contributed by atoms with Crippen LogP contribution in [0.5, 0.6) is 0 Å². The molecule has 4 rings (SSSR count). The molecule has 2 aliphatic heterocycles. The van der Waals surface area contributed by atoms with Crippen molar-refractivity contribution in [2.75, 3.05) is 31.6 Å². The van der Waals surface area contributed by atoms with Gasteiger partial charge in [0.25, 0.3) is 0 Å². The van der Waals surface area contributed by atoms with Gasteiger partial charge >= 0.3 is 11.9 Å². The zero-order valence-electron chi connectivity index (χ0n) is 13.4. The molecule has 2 aliphatic rings. The van der Waals surface area contributed by atoms with E-state index in [0.29, 0.717) is 0 Å². The van der Waals surface area contributed by atoms with E-state index >= 15 is 0 Å². The van der Waals surface area contributed by atoms with Crippen LogP contribution < -0.4 is 4.90 Å². The summed E-state index contributed by atoms with van der Waals surface area (Å²) in [6.07, 6.45) is 1.36. The van der Waals surface area contributed by atoms with Gasteiger partial charge in [0.05, 0.1) is 0 Å². The number of rotatable bonds is 1. The third kappa shape index (κ3) is 3.37. The van der Waals surface area contributed by atoms with Crippen molar-refractivity contribution < 1.29 is 19.8 Å². The van der Waals surface area contributed by atoms with Gasteiger partial charge in [-0.1, -0.05) is 0 Å². The number of carboxylic acids is 2. The molecule has 7 heteroatoms. The molecule has 0 spiro atoms. The number of likely N-dealkylation sites (tertiary alicyclic amines) is 1. The summed E-state index contributed by atoms with van der Waals surface area (Å²) in [4.78, 5) is 23.3. The molecule has 0 bridgehead atoms. The van der Waals surface area contributed by atoms with Gasteiger partial charge in [-0.3, -0.25) is 0 Å². The van der Waals surface area contributed by atoms with E-state index < -0.39 is 11.9 Å². The van der Waals surface area contributed by atoms with E-state index in [1.165, 1.54) is 41.8 Å². The number of thiophene rings is 1. The average molecular weight is 348 g/mol. The summed E-state index contributed by atoms with van der Waals surface area (Å²) in [6, 6.07) is 9.93. The number of nitrogens with zero attached hydrogens (tertiary/aromatic N) is 2. The lowest BCUT2D eigenvalue weighted by molar-refractivity contribution is -0.159. The molecule has 128 valence electrons. The zero-order valence-corrected chi connectivity index (χ0v) is 14.2. The summed E-state index contributed by atoms with van der Waals surface area (Å²) >= 11 is 1.83. The summed E-state index contributed by atoms with van der Waals surface area (Å²) < 4.78 is 1.40. The summed E-state index contributed by atoms with van der Waals surface area (Å²) in [5.41, 5.74) is 1.42. The number of benzene rings is 1. The van der Waals surface area contributed by atoms with E-state index in [9.17, 15) is 0 Å². The molecule has 2 saturated heterocycles. The van der Waals surface area contributed by atoms with E-state index in [4.69, 9.17) is 19.8 Å². The van der Waals surface area contributed by atoms with Crippen molar-refractivity contribution in [1.29, 1.82) is 0 Å². The van der Waals surface area contributed by atoms with Gasteiger partial charge in [0.15, 0.2) is 0 Å². The lowest BCUT2D eigenvalue weighted by Gasteiger charge is -2.26. The summed E-state index contributed by atoms with van der Waals surface area (Å²) in [5.74, 6) is -2.77. The molecule has 24 heavy (non-hydrogen) atoms. The molecular weight excluding hydrogens is 328 g/mol. The van der Waals surface area contributed by atoms with E-state index in [1.54, 1.807) is 0 Å². The van der Waals surface area contributed by atoms with Crippen LogP contribution in [-0.2, 0) is 9.59 Å². The third-order valence-electron chi connectivity index (χ3n) is 4.68. The van der Waals surface area contributed by atoms with Crippen molar-refractivity contribution in [2.24, 2.45) is 5.92 Å². The van der Waals surface area contributed by atoms with E-state index in [2.05, 4.69) is 46.5 Å². The largest absolute Gasteiger partial charge is 0.473 e. The molecule has 2 atom stereocenters. The minimum Gasteiger partial charge on any atom is -0.473 e. The Balaban J connectivity index is 0.000000246. The monoisotopic (exact) mass is 348 g/mol. The van der Waals surface area contributed by atoms with E-state index in [1.807, 2.05) is 11.3 Å². The predicted octanol–water partition coefficient (Wildman–Crippen LogP) is 2.20. The molecule has 2 aromatic rings. The molecule has 6 nitrogen and oxygen atoms in total. The Hall–Kier alpha value is -2.12. The van der Waals surface area contributed by atoms with Gasteiger partial charge in [-0.25, -0.2) is 9.59 Å². The number of hydrogen-bond acceptors (Lipinski definition) is 5. The summed E-state index contributed by atoms with van der Waals surface area (Å²) in [6.45, 7) is 3.74. The van der Waals surface area contributed by atoms with Crippen LogP contribution in [0.3, 0.4) is 0 Å². The Morgan fingerprint density at radius 2 is 1.92 bits per heavy atom. The van der Waals surface area contributed by atoms with Gasteiger partial charge in [-0.2, -0.15) is 0 Å². The normalized spacial score (nSPS) is 23.0. The first kappa shape index (κ1) is 16.7. The first-order chi connectivity index (χ1) is 11.5. The van der Waals surface area contributed by atoms with Gasteiger partial charge in [-0.15, -0.1) is 11.3 Å².